The Labute approximate surface area is 102 Å². The van der Waals surface area contributed by atoms with Gasteiger partial charge in [-0.2, -0.15) is 0 Å². The zero-order chi connectivity index (χ0) is 12.7. The van der Waals surface area contributed by atoms with Crippen LogP contribution in [0.2, 0.25) is 0 Å². The fourth-order valence-electron chi connectivity index (χ4n) is 1.48. The van der Waals surface area contributed by atoms with Crippen molar-refractivity contribution < 1.29 is 9.90 Å². The van der Waals surface area contributed by atoms with Crippen molar-refractivity contribution in [1.82, 2.24) is 10.2 Å². The molecule has 0 atom stereocenters. The highest BCUT2D eigenvalue weighted by Crippen LogP contribution is 2.09. The van der Waals surface area contributed by atoms with Crippen LogP contribution in [-0.2, 0) is 11.2 Å². The van der Waals surface area contributed by atoms with Crippen molar-refractivity contribution >= 4 is 5.91 Å². The van der Waals surface area contributed by atoms with E-state index in [2.05, 4.69) is 10.2 Å². The number of carbonyl (C=O) groups excluding carboxylic acids is 1. The second-order valence-corrected chi connectivity index (χ2v) is 4.35. The Hall–Kier alpha value is -1.55. The molecule has 0 saturated heterocycles. The molecule has 0 radical (unpaired) electrons. The van der Waals surface area contributed by atoms with Gasteiger partial charge in [0.2, 0.25) is 5.91 Å². The van der Waals surface area contributed by atoms with Crippen LogP contribution in [0.25, 0.3) is 0 Å². The van der Waals surface area contributed by atoms with E-state index in [1.54, 1.807) is 24.3 Å². The molecule has 2 N–H and O–H groups in total. The van der Waals surface area contributed by atoms with Crippen molar-refractivity contribution in [1.29, 1.82) is 0 Å². The van der Waals surface area contributed by atoms with E-state index in [9.17, 15) is 4.79 Å². The molecule has 0 spiro atoms. The molecule has 4 heteroatoms. The molecule has 0 aliphatic heterocycles. The van der Waals surface area contributed by atoms with Crippen molar-refractivity contribution in [3.63, 3.8) is 0 Å². The third-order valence-electron chi connectivity index (χ3n) is 2.41. The Morgan fingerprint density at radius 2 is 1.94 bits per heavy atom. The largest absolute Gasteiger partial charge is 0.508 e. The normalized spacial score (nSPS) is 10.5. The van der Waals surface area contributed by atoms with Crippen LogP contribution in [0, 0.1) is 0 Å². The summed E-state index contributed by atoms with van der Waals surface area (Å²) >= 11 is 0. The molecule has 1 aromatic carbocycles. The minimum Gasteiger partial charge on any atom is -0.508 e. The number of hydrogen-bond donors (Lipinski definition) is 2. The van der Waals surface area contributed by atoms with Crippen LogP contribution in [0.3, 0.4) is 0 Å². The van der Waals surface area contributed by atoms with Crippen molar-refractivity contribution in [3.05, 3.63) is 29.8 Å². The zero-order valence-electron chi connectivity index (χ0n) is 10.4. The molecule has 0 aliphatic carbocycles. The topological polar surface area (TPSA) is 52.6 Å². The van der Waals surface area contributed by atoms with E-state index < -0.39 is 0 Å². The van der Waals surface area contributed by atoms with Gasteiger partial charge in [0.15, 0.2) is 0 Å². The number of rotatable bonds is 6. The van der Waals surface area contributed by atoms with Crippen LogP contribution >= 0.6 is 0 Å². The molecule has 1 aromatic rings. The molecule has 0 aromatic heterocycles. The number of carbonyl (C=O) groups is 1. The van der Waals surface area contributed by atoms with E-state index in [0.717, 1.165) is 18.5 Å². The monoisotopic (exact) mass is 236 g/mol. The number of benzene rings is 1. The highest BCUT2D eigenvalue weighted by Gasteiger charge is 2.02. The van der Waals surface area contributed by atoms with Crippen LogP contribution in [0.5, 0.6) is 5.75 Å². The van der Waals surface area contributed by atoms with Crippen molar-refractivity contribution in [2.75, 3.05) is 27.2 Å². The van der Waals surface area contributed by atoms with Crippen LogP contribution in [0.4, 0.5) is 0 Å². The lowest BCUT2D eigenvalue weighted by Gasteiger charge is -2.09. The lowest BCUT2D eigenvalue weighted by atomic mass is 10.1. The summed E-state index contributed by atoms with van der Waals surface area (Å²) in [4.78, 5) is 13.6. The summed E-state index contributed by atoms with van der Waals surface area (Å²) < 4.78 is 0. The van der Waals surface area contributed by atoms with Crippen LogP contribution in [0.15, 0.2) is 24.3 Å². The lowest BCUT2D eigenvalue weighted by molar-refractivity contribution is -0.120. The molecule has 1 amide bonds. The predicted molar refractivity (Wildman–Crippen MR) is 68.0 cm³/mol. The Bertz CT molecular complexity index is 347. The van der Waals surface area contributed by atoms with E-state index in [1.807, 2.05) is 14.1 Å². The summed E-state index contributed by atoms with van der Waals surface area (Å²) in [5.74, 6) is 0.245. The first-order valence-electron chi connectivity index (χ1n) is 5.77. The highest BCUT2D eigenvalue weighted by molar-refractivity contribution is 5.78. The average molecular weight is 236 g/mol. The van der Waals surface area contributed by atoms with Crippen molar-refractivity contribution in [2.45, 2.75) is 12.8 Å². The van der Waals surface area contributed by atoms with Gasteiger partial charge >= 0.3 is 0 Å². The van der Waals surface area contributed by atoms with E-state index in [4.69, 9.17) is 5.11 Å². The second-order valence-electron chi connectivity index (χ2n) is 4.35. The third kappa shape index (κ3) is 5.92. The second kappa shape index (κ2) is 6.91. The first-order chi connectivity index (χ1) is 8.08. The molecule has 1 rings (SSSR count). The zero-order valence-corrected chi connectivity index (χ0v) is 10.4. The van der Waals surface area contributed by atoms with Gasteiger partial charge in [0.05, 0.1) is 6.42 Å². The van der Waals surface area contributed by atoms with Gasteiger partial charge in [-0.3, -0.25) is 4.79 Å². The molecule has 4 nitrogen and oxygen atoms in total. The molecule has 0 heterocycles. The number of phenols is 1. The fraction of sp³-hybridized carbons (Fsp3) is 0.462. The number of hydrogen-bond acceptors (Lipinski definition) is 3. The van der Waals surface area contributed by atoms with Gasteiger partial charge in [-0.25, -0.2) is 0 Å². The van der Waals surface area contributed by atoms with Gasteiger partial charge in [-0.1, -0.05) is 12.1 Å². The Morgan fingerprint density at radius 3 is 2.53 bits per heavy atom. The maximum atomic E-state index is 11.6. The molecule has 17 heavy (non-hydrogen) atoms. The predicted octanol–water partition coefficient (Wildman–Crippen LogP) is 1.00. The maximum Gasteiger partial charge on any atom is 0.224 e. The summed E-state index contributed by atoms with van der Waals surface area (Å²) in [6.45, 7) is 1.68. The minimum atomic E-state index is 0.0226. The minimum absolute atomic E-state index is 0.0226. The number of amides is 1. The van der Waals surface area contributed by atoms with E-state index in [-0.39, 0.29) is 11.7 Å². The smallest absolute Gasteiger partial charge is 0.224 e. The maximum absolute atomic E-state index is 11.6. The van der Waals surface area contributed by atoms with Gasteiger partial charge in [0, 0.05) is 6.54 Å². The summed E-state index contributed by atoms with van der Waals surface area (Å²) in [5.41, 5.74) is 0.910. The van der Waals surface area contributed by atoms with E-state index >= 15 is 0 Å². The number of aromatic hydroxyl groups is 1. The fourth-order valence-corrected chi connectivity index (χ4v) is 1.48. The summed E-state index contributed by atoms with van der Waals surface area (Å²) in [6.07, 6.45) is 1.32. The third-order valence-corrected chi connectivity index (χ3v) is 2.41. The molecule has 0 aliphatic rings. The Kier molecular flexibility index (Phi) is 5.49. The van der Waals surface area contributed by atoms with E-state index in [0.29, 0.717) is 13.0 Å². The molecule has 0 saturated carbocycles. The van der Waals surface area contributed by atoms with Gasteiger partial charge in [-0.15, -0.1) is 0 Å². The standard InChI is InChI=1S/C13H20N2O2/c1-15(2)9-3-8-14-13(17)10-11-4-6-12(16)7-5-11/h4-7,16H,3,8-10H2,1-2H3,(H,14,17). The SMILES string of the molecule is CN(C)CCCNC(=O)Cc1ccc(O)cc1. The number of nitrogens with zero attached hydrogens (tertiary/aromatic N) is 1. The Balaban J connectivity index is 2.23. The molecule has 0 bridgehead atoms. The van der Waals surface area contributed by atoms with Crippen LogP contribution in [-0.4, -0.2) is 43.1 Å². The first kappa shape index (κ1) is 13.5. The van der Waals surface area contributed by atoms with Gasteiger partial charge in [0.1, 0.15) is 5.75 Å². The molecular formula is C13H20N2O2. The first-order valence-corrected chi connectivity index (χ1v) is 5.77. The number of phenolic OH excluding ortho intramolecular Hbond substituents is 1. The number of nitrogens with one attached hydrogen (secondary N) is 1. The van der Waals surface area contributed by atoms with Crippen molar-refractivity contribution in [2.24, 2.45) is 0 Å². The summed E-state index contributed by atoms with van der Waals surface area (Å²) in [7, 11) is 4.02. The average Bonchev–Trinajstić information content (AvgIpc) is 2.27. The molecule has 94 valence electrons. The highest BCUT2D eigenvalue weighted by atomic mass is 16.3. The van der Waals surface area contributed by atoms with Crippen LogP contribution in [0.1, 0.15) is 12.0 Å². The van der Waals surface area contributed by atoms with Gasteiger partial charge in [0.25, 0.3) is 0 Å². The Morgan fingerprint density at radius 1 is 1.29 bits per heavy atom. The van der Waals surface area contributed by atoms with Gasteiger partial charge < -0.3 is 15.3 Å². The summed E-state index contributed by atoms with van der Waals surface area (Å²) in [5, 5.41) is 12.0. The van der Waals surface area contributed by atoms with Crippen LogP contribution < -0.4 is 5.32 Å². The lowest BCUT2D eigenvalue weighted by Crippen LogP contribution is -2.28. The molecule has 0 unspecified atom stereocenters. The summed E-state index contributed by atoms with van der Waals surface area (Å²) in [6, 6.07) is 6.70. The van der Waals surface area contributed by atoms with E-state index in [1.165, 1.54) is 0 Å². The van der Waals surface area contributed by atoms with Gasteiger partial charge in [-0.05, 0) is 44.8 Å². The molecule has 0 fully saturated rings. The molecular weight excluding hydrogens is 216 g/mol. The quantitative estimate of drug-likeness (QED) is 0.725. The van der Waals surface area contributed by atoms with Crippen molar-refractivity contribution in [3.8, 4) is 5.75 Å².